The molecule has 0 bridgehead atoms. The van der Waals surface area contributed by atoms with Gasteiger partial charge in [-0.25, -0.2) is 4.79 Å². The molecule has 7 nitrogen and oxygen atoms in total. The molecule has 0 radical (unpaired) electrons. The number of rotatable bonds is 8. The van der Waals surface area contributed by atoms with E-state index in [2.05, 4.69) is 5.32 Å². The van der Waals surface area contributed by atoms with E-state index >= 15 is 0 Å². The average molecular weight is 460 g/mol. The van der Waals surface area contributed by atoms with E-state index in [4.69, 9.17) is 34.8 Å². The third kappa shape index (κ3) is 5.38. The van der Waals surface area contributed by atoms with Gasteiger partial charge in [0.25, 0.3) is 5.69 Å². The molecule has 0 saturated carbocycles. The fraction of sp³-hybridized carbons (Fsp3) is 0.263. The number of aromatic carboxylic acids is 1. The summed E-state index contributed by atoms with van der Waals surface area (Å²) in [4.78, 5) is 35.2. The van der Waals surface area contributed by atoms with Gasteiger partial charge < -0.3 is 10.4 Å². The van der Waals surface area contributed by atoms with Crippen LogP contribution in [0.25, 0.3) is 0 Å². The van der Waals surface area contributed by atoms with Gasteiger partial charge in [-0.05, 0) is 24.5 Å². The van der Waals surface area contributed by atoms with Crippen molar-refractivity contribution in [3.8, 4) is 0 Å². The number of amides is 1. The standard InChI is InChI=1S/C19H17Cl3N2O5/c1-2-5-11(8-10-6-3-4-7-12(10)20)18(25)23-17-14(24(28)29)9-13(21)16(22)15(17)19(26)27/h3-4,6-7,9,11H,2,5,8H2,1H3,(H,23,25)(H,26,27). The van der Waals surface area contributed by atoms with Crippen LogP contribution in [0.3, 0.4) is 0 Å². The number of nitrogens with zero attached hydrogens (tertiary/aromatic N) is 1. The monoisotopic (exact) mass is 458 g/mol. The minimum absolute atomic E-state index is 0.289. The van der Waals surface area contributed by atoms with Crippen LogP contribution >= 0.6 is 34.8 Å². The quantitative estimate of drug-likeness (QED) is 0.380. The Labute approximate surface area is 181 Å². The van der Waals surface area contributed by atoms with Gasteiger partial charge in [0.2, 0.25) is 5.91 Å². The molecule has 1 atom stereocenters. The molecule has 0 aromatic heterocycles. The van der Waals surface area contributed by atoms with E-state index in [0.29, 0.717) is 17.9 Å². The number of nitrogens with one attached hydrogen (secondary N) is 1. The van der Waals surface area contributed by atoms with Gasteiger partial charge in [-0.15, -0.1) is 0 Å². The number of carbonyl (C=O) groups excluding carboxylic acids is 1. The number of carboxylic acids is 1. The maximum absolute atomic E-state index is 12.9. The number of nitro benzene ring substituents is 1. The number of halogens is 3. The molecule has 1 unspecified atom stereocenters. The molecule has 154 valence electrons. The second-order valence-corrected chi connectivity index (χ2v) is 7.47. The van der Waals surface area contributed by atoms with Gasteiger partial charge in [0.05, 0.1) is 15.0 Å². The number of benzene rings is 2. The highest BCUT2D eigenvalue weighted by atomic mass is 35.5. The SMILES string of the molecule is CCCC(Cc1ccccc1Cl)C(=O)Nc1c([N+](=O)[O-])cc(Cl)c(Cl)c1C(=O)O. The van der Waals surface area contributed by atoms with Crippen LogP contribution in [-0.4, -0.2) is 21.9 Å². The summed E-state index contributed by atoms with van der Waals surface area (Å²) in [5.74, 6) is -2.71. The maximum atomic E-state index is 12.9. The van der Waals surface area contributed by atoms with E-state index < -0.39 is 44.7 Å². The van der Waals surface area contributed by atoms with Crippen molar-refractivity contribution < 1.29 is 19.6 Å². The summed E-state index contributed by atoms with van der Waals surface area (Å²) in [6.07, 6.45) is 1.42. The van der Waals surface area contributed by atoms with Crippen LogP contribution < -0.4 is 5.32 Å². The molecule has 0 heterocycles. The summed E-state index contributed by atoms with van der Waals surface area (Å²) >= 11 is 17.9. The van der Waals surface area contributed by atoms with E-state index in [1.807, 2.05) is 6.92 Å². The number of anilines is 1. The fourth-order valence-corrected chi connectivity index (χ4v) is 3.55. The van der Waals surface area contributed by atoms with Crippen molar-refractivity contribution in [3.05, 3.63) is 66.6 Å². The number of carbonyl (C=O) groups is 2. The maximum Gasteiger partial charge on any atom is 0.339 e. The first-order valence-electron chi connectivity index (χ1n) is 8.61. The summed E-state index contributed by atoms with van der Waals surface area (Å²) < 4.78 is 0. The van der Waals surface area contributed by atoms with Crippen molar-refractivity contribution in [1.29, 1.82) is 0 Å². The molecule has 1 amide bonds. The van der Waals surface area contributed by atoms with Crippen LogP contribution in [0.15, 0.2) is 30.3 Å². The molecule has 2 N–H and O–H groups in total. The Bertz CT molecular complexity index is 965. The minimum atomic E-state index is -1.55. The van der Waals surface area contributed by atoms with Crippen molar-refractivity contribution >= 4 is 58.1 Å². The molecule has 0 spiro atoms. The fourth-order valence-electron chi connectivity index (χ4n) is 2.91. The van der Waals surface area contributed by atoms with E-state index in [1.54, 1.807) is 24.3 Å². The van der Waals surface area contributed by atoms with Gasteiger partial charge in [-0.1, -0.05) is 66.3 Å². The molecule has 0 aliphatic carbocycles. The number of carboxylic acid groups (broad SMARTS) is 1. The molecule has 0 saturated heterocycles. The number of hydrogen-bond donors (Lipinski definition) is 2. The van der Waals surface area contributed by atoms with Crippen LogP contribution in [0.5, 0.6) is 0 Å². The van der Waals surface area contributed by atoms with Gasteiger partial charge in [0, 0.05) is 17.0 Å². The smallest absolute Gasteiger partial charge is 0.339 e. The van der Waals surface area contributed by atoms with E-state index in [1.165, 1.54) is 0 Å². The lowest BCUT2D eigenvalue weighted by atomic mass is 9.93. The lowest BCUT2D eigenvalue weighted by Gasteiger charge is -2.18. The topological polar surface area (TPSA) is 110 Å². The molecule has 10 heteroatoms. The normalized spacial score (nSPS) is 11.7. The Morgan fingerprint density at radius 3 is 2.41 bits per heavy atom. The van der Waals surface area contributed by atoms with Gasteiger partial charge >= 0.3 is 5.97 Å². The molecular formula is C19H17Cl3N2O5. The van der Waals surface area contributed by atoms with Crippen LogP contribution in [0, 0.1) is 16.0 Å². The van der Waals surface area contributed by atoms with Crippen LogP contribution in [-0.2, 0) is 11.2 Å². The highest BCUT2D eigenvalue weighted by molar-refractivity contribution is 6.44. The highest BCUT2D eigenvalue weighted by Crippen LogP contribution is 2.39. The third-order valence-electron chi connectivity index (χ3n) is 4.29. The lowest BCUT2D eigenvalue weighted by molar-refractivity contribution is -0.383. The first-order valence-corrected chi connectivity index (χ1v) is 9.74. The Morgan fingerprint density at radius 1 is 1.21 bits per heavy atom. The third-order valence-corrected chi connectivity index (χ3v) is 5.45. The molecule has 2 aromatic carbocycles. The Balaban J connectivity index is 2.45. The molecule has 0 aliphatic heterocycles. The first-order chi connectivity index (χ1) is 13.7. The Hall–Kier alpha value is -2.35. The van der Waals surface area contributed by atoms with E-state index in [-0.39, 0.29) is 11.4 Å². The van der Waals surface area contributed by atoms with Crippen molar-refractivity contribution in [2.24, 2.45) is 5.92 Å². The zero-order chi connectivity index (χ0) is 21.7. The summed E-state index contributed by atoms with van der Waals surface area (Å²) in [6, 6.07) is 7.94. The second kappa shape index (κ2) is 9.91. The van der Waals surface area contributed by atoms with Crippen molar-refractivity contribution in [3.63, 3.8) is 0 Å². The zero-order valence-corrected chi connectivity index (χ0v) is 17.5. The Morgan fingerprint density at radius 2 is 1.86 bits per heavy atom. The molecule has 0 aliphatic rings. The second-order valence-electron chi connectivity index (χ2n) is 6.27. The van der Waals surface area contributed by atoms with Crippen LogP contribution in [0.4, 0.5) is 11.4 Å². The van der Waals surface area contributed by atoms with Crippen LogP contribution in [0.2, 0.25) is 15.1 Å². The summed E-state index contributed by atoms with van der Waals surface area (Å²) in [5, 5.41) is 23.1. The number of hydrogen-bond acceptors (Lipinski definition) is 4. The van der Waals surface area contributed by atoms with Gasteiger partial charge in [0.15, 0.2) is 0 Å². The minimum Gasteiger partial charge on any atom is -0.478 e. The largest absolute Gasteiger partial charge is 0.478 e. The zero-order valence-electron chi connectivity index (χ0n) is 15.2. The van der Waals surface area contributed by atoms with E-state index in [9.17, 15) is 24.8 Å². The van der Waals surface area contributed by atoms with Gasteiger partial charge in [-0.2, -0.15) is 0 Å². The molecule has 2 aromatic rings. The predicted molar refractivity (Wildman–Crippen MR) is 112 cm³/mol. The molecule has 2 rings (SSSR count). The van der Waals surface area contributed by atoms with E-state index in [0.717, 1.165) is 11.6 Å². The summed E-state index contributed by atoms with van der Waals surface area (Å²) in [7, 11) is 0. The summed E-state index contributed by atoms with van der Waals surface area (Å²) in [5.41, 5.74) is -1.04. The highest BCUT2D eigenvalue weighted by Gasteiger charge is 2.30. The molecule has 0 fully saturated rings. The van der Waals surface area contributed by atoms with Crippen molar-refractivity contribution in [2.45, 2.75) is 26.2 Å². The molecular weight excluding hydrogens is 443 g/mol. The molecule has 29 heavy (non-hydrogen) atoms. The average Bonchev–Trinajstić information content (AvgIpc) is 2.65. The lowest BCUT2D eigenvalue weighted by Crippen LogP contribution is -2.26. The first kappa shape index (κ1) is 22.9. The van der Waals surface area contributed by atoms with Gasteiger partial charge in [-0.3, -0.25) is 14.9 Å². The van der Waals surface area contributed by atoms with Gasteiger partial charge in [0.1, 0.15) is 11.3 Å². The number of nitro groups is 1. The summed E-state index contributed by atoms with van der Waals surface area (Å²) in [6.45, 7) is 1.89. The van der Waals surface area contributed by atoms with Crippen molar-refractivity contribution in [1.82, 2.24) is 0 Å². The van der Waals surface area contributed by atoms with Crippen LogP contribution in [0.1, 0.15) is 35.7 Å². The predicted octanol–water partition coefficient (Wildman–Crippen LogP) is 5.85. The Kier molecular flexibility index (Phi) is 7.84. The van der Waals surface area contributed by atoms with Crippen molar-refractivity contribution in [2.75, 3.05) is 5.32 Å².